The Kier molecular flexibility index (Phi) is 2.49. The average molecular weight is 264 g/mol. The van der Waals surface area contributed by atoms with Gasteiger partial charge in [0.2, 0.25) is 5.95 Å². The Morgan fingerprint density at radius 1 is 1.15 bits per heavy atom. The van der Waals surface area contributed by atoms with E-state index in [4.69, 9.17) is 0 Å². The molecule has 3 aromatic rings. The summed E-state index contributed by atoms with van der Waals surface area (Å²) in [4.78, 5) is 4.54. The monoisotopic (exact) mass is 264 g/mol. The van der Waals surface area contributed by atoms with E-state index in [1.807, 2.05) is 22.8 Å². The van der Waals surface area contributed by atoms with Crippen molar-refractivity contribution in [2.75, 3.05) is 5.32 Å². The summed E-state index contributed by atoms with van der Waals surface area (Å²) in [5.74, 6) is 0.716. The van der Waals surface area contributed by atoms with Crippen molar-refractivity contribution >= 4 is 11.6 Å². The highest BCUT2D eigenvalue weighted by Gasteiger charge is 2.21. The van der Waals surface area contributed by atoms with Crippen LogP contribution in [0.25, 0.3) is 5.65 Å². The number of benzene rings is 1. The smallest absolute Gasteiger partial charge is 0.243 e. The van der Waals surface area contributed by atoms with Gasteiger partial charge in [-0.05, 0) is 48.6 Å². The van der Waals surface area contributed by atoms with Gasteiger partial charge in [-0.1, -0.05) is 24.3 Å². The summed E-state index contributed by atoms with van der Waals surface area (Å²) < 4.78 is 1.82. The third-order valence-electron chi connectivity index (χ3n) is 3.88. The summed E-state index contributed by atoms with van der Waals surface area (Å²) in [6, 6.07) is 13.1. The predicted octanol–water partition coefficient (Wildman–Crippen LogP) is 2.62. The minimum Gasteiger partial charge on any atom is -0.350 e. The van der Waals surface area contributed by atoms with Gasteiger partial charge in [0.1, 0.15) is 0 Å². The number of rotatable bonds is 2. The van der Waals surface area contributed by atoms with Crippen LogP contribution in [0.3, 0.4) is 0 Å². The lowest BCUT2D eigenvalue weighted by molar-refractivity contribution is 0.760. The maximum absolute atomic E-state index is 4.54. The maximum atomic E-state index is 4.54. The second-order valence-electron chi connectivity index (χ2n) is 5.46. The van der Waals surface area contributed by atoms with Gasteiger partial charge in [-0.15, -0.1) is 5.10 Å². The van der Waals surface area contributed by atoms with E-state index < -0.39 is 0 Å². The third-order valence-corrected chi connectivity index (χ3v) is 3.88. The highest BCUT2D eigenvalue weighted by Crippen LogP contribution is 2.23. The number of hydrogen-bond acceptors (Lipinski definition) is 3. The quantitative estimate of drug-likeness (QED) is 0.773. The van der Waals surface area contributed by atoms with E-state index in [0.29, 0.717) is 12.0 Å². The number of aromatic nitrogens is 3. The van der Waals surface area contributed by atoms with E-state index in [0.717, 1.165) is 18.5 Å². The lowest BCUT2D eigenvalue weighted by atomic mass is 10.1. The highest BCUT2D eigenvalue weighted by atomic mass is 15.3. The molecule has 0 fully saturated rings. The van der Waals surface area contributed by atoms with Crippen molar-refractivity contribution < 1.29 is 0 Å². The van der Waals surface area contributed by atoms with Crippen molar-refractivity contribution in [3.63, 3.8) is 0 Å². The third kappa shape index (κ3) is 1.93. The van der Waals surface area contributed by atoms with Gasteiger partial charge in [-0.25, -0.2) is 4.52 Å². The molecule has 0 amide bonds. The Labute approximate surface area is 117 Å². The number of hydrogen-bond donors (Lipinski definition) is 1. The fraction of sp³-hybridized carbons (Fsp3) is 0.250. The zero-order chi connectivity index (χ0) is 13.5. The van der Waals surface area contributed by atoms with Crippen LogP contribution >= 0.6 is 0 Å². The fourth-order valence-electron chi connectivity index (χ4n) is 2.89. The number of nitrogens with zero attached hydrogens (tertiary/aromatic N) is 3. The highest BCUT2D eigenvalue weighted by molar-refractivity contribution is 5.46. The number of fused-ring (bicyclic) bond motifs is 2. The molecule has 0 spiro atoms. The number of anilines is 1. The summed E-state index contributed by atoms with van der Waals surface area (Å²) in [5, 5.41) is 7.93. The van der Waals surface area contributed by atoms with Gasteiger partial charge in [0.25, 0.3) is 0 Å². The molecule has 1 aliphatic carbocycles. The molecule has 20 heavy (non-hydrogen) atoms. The molecule has 0 saturated carbocycles. The van der Waals surface area contributed by atoms with E-state index in [1.165, 1.54) is 16.7 Å². The SMILES string of the molecule is Cc1ccn2nc(NC3Cc4ccccc4C3)nc2c1. The molecule has 0 radical (unpaired) electrons. The van der Waals surface area contributed by atoms with Crippen LogP contribution in [0, 0.1) is 6.92 Å². The standard InChI is InChI=1S/C16H16N4/c1-11-6-7-20-15(8-11)18-16(19-20)17-14-9-12-4-2-3-5-13(12)10-14/h2-8,14H,9-10H2,1H3,(H,17,19). The largest absolute Gasteiger partial charge is 0.350 e. The second kappa shape index (κ2) is 4.34. The molecule has 0 bridgehead atoms. The fourth-order valence-corrected chi connectivity index (χ4v) is 2.89. The summed E-state index contributed by atoms with van der Waals surface area (Å²) >= 11 is 0. The summed E-state index contributed by atoms with van der Waals surface area (Å²) in [5.41, 5.74) is 4.96. The Hall–Kier alpha value is -2.36. The molecule has 1 aliphatic rings. The molecule has 4 rings (SSSR count). The van der Waals surface area contributed by atoms with Crippen molar-refractivity contribution in [1.29, 1.82) is 0 Å². The van der Waals surface area contributed by atoms with Crippen LogP contribution in [0.5, 0.6) is 0 Å². The first-order valence-corrected chi connectivity index (χ1v) is 6.94. The number of pyridine rings is 1. The summed E-state index contributed by atoms with van der Waals surface area (Å²) in [6.07, 6.45) is 4.04. The Bertz CT molecular complexity index is 750. The second-order valence-corrected chi connectivity index (χ2v) is 5.46. The number of aryl methyl sites for hydroxylation is 1. The predicted molar refractivity (Wildman–Crippen MR) is 79.0 cm³/mol. The molecule has 0 atom stereocenters. The van der Waals surface area contributed by atoms with Crippen LogP contribution in [0.2, 0.25) is 0 Å². The molecule has 1 aromatic carbocycles. The Balaban J connectivity index is 1.57. The molecule has 4 nitrogen and oxygen atoms in total. The lowest BCUT2D eigenvalue weighted by Crippen LogP contribution is -2.20. The van der Waals surface area contributed by atoms with Crippen molar-refractivity contribution in [3.05, 3.63) is 59.3 Å². The zero-order valence-corrected chi connectivity index (χ0v) is 11.4. The molecule has 1 N–H and O–H groups in total. The molecule has 2 heterocycles. The first kappa shape index (κ1) is 11.5. The molecule has 2 aromatic heterocycles. The van der Waals surface area contributed by atoms with Gasteiger partial charge in [0.15, 0.2) is 5.65 Å². The van der Waals surface area contributed by atoms with E-state index in [1.54, 1.807) is 0 Å². The first-order valence-electron chi connectivity index (χ1n) is 6.94. The van der Waals surface area contributed by atoms with Crippen LogP contribution in [-0.2, 0) is 12.8 Å². The lowest BCUT2D eigenvalue weighted by Gasteiger charge is -2.08. The van der Waals surface area contributed by atoms with Crippen molar-refractivity contribution in [2.24, 2.45) is 0 Å². The first-order chi connectivity index (χ1) is 9.78. The van der Waals surface area contributed by atoms with E-state index in [2.05, 4.69) is 46.6 Å². The van der Waals surface area contributed by atoms with Gasteiger partial charge in [-0.2, -0.15) is 4.98 Å². The Morgan fingerprint density at radius 3 is 2.65 bits per heavy atom. The van der Waals surface area contributed by atoms with Crippen LogP contribution in [-0.4, -0.2) is 20.6 Å². The zero-order valence-electron chi connectivity index (χ0n) is 11.4. The van der Waals surface area contributed by atoms with E-state index >= 15 is 0 Å². The van der Waals surface area contributed by atoms with Crippen molar-refractivity contribution in [3.8, 4) is 0 Å². The van der Waals surface area contributed by atoms with Crippen LogP contribution in [0.4, 0.5) is 5.95 Å². The molecule has 4 heteroatoms. The molecule has 100 valence electrons. The van der Waals surface area contributed by atoms with Gasteiger partial charge in [-0.3, -0.25) is 0 Å². The summed E-state index contributed by atoms with van der Waals surface area (Å²) in [6.45, 7) is 2.06. The molecular formula is C16H16N4. The van der Waals surface area contributed by atoms with Gasteiger partial charge >= 0.3 is 0 Å². The van der Waals surface area contributed by atoms with Gasteiger partial charge < -0.3 is 5.32 Å². The molecule has 0 aliphatic heterocycles. The van der Waals surface area contributed by atoms with Crippen molar-refractivity contribution in [1.82, 2.24) is 14.6 Å². The van der Waals surface area contributed by atoms with Crippen LogP contribution < -0.4 is 5.32 Å². The minimum atomic E-state index is 0.394. The molecular weight excluding hydrogens is 248 g/mol. The van der Waals surface area contributed by atoms with Gasteiger partial charge in [0, 0.05) is 12.2 Å². The number of nitrogens with one attached hydrogen (secondary N) is 1. The molecule has 0 saturated heterocycles. The maximum Gasteiger partial charge on any atom is 0.243 e. The summed E-state index contributed by atoms with van der Waals surface area (Å²) in [7, 11) is 0. The minimum absolute atomic E-state index is 0.394. The van der Waals surface area contributed by atoms with Crippen molar-refractivity contribution in [2.45, 2.75) is 25.8 Å². The van der Waals surface area contributed by atoms with Gasteiger partial charge in [0.05, 0.1) is 0 Å². The normalized spacial score (nSPS) is 14.7. The topological polar surface area (TPSA) is 42.2 Å². The van der Waals surface area contributed by atoms with Crippen LogP contribution in [0.1, 0.15) is 16.7 Å². The Morgan fingerprint density at radius 2 is 1.90 bits per heavy atom. The average Bonchev–Trinajstić information content (AvgIpc) is 3.00. The van der Waals surface area contributed by atoms with Crippen LogP contribution in [0.15, 0.2) is 42.6 Å². The molecule has 0 unspecified atom stereocenters. The van der Waals surface area contributed by atoms with E-state index in [-0.39, 0.29) is 0 Å². The van der Waals surface area contributed by atoms with E-state index in [9.17, 15) is 0 Å².